The number of carbonyl (C=O) groups excluding carboxylic acids is 2. The van der Waals surface area contributed by atoms with Crippen LogP contribution >= 0.6 is 0 Å². The molecule has 0 fully saturated rings. The number of esters is 2. The van der Waals surface area contributed by atoms with Gasteiger partial charge in [-0.3, -0.25) is 0 Å². The minimum absolute atomic E-state index is 0.190. The average Bonchev–Trinajstić information content (AvgIpc) is 4.33. The number of nitrogens with one attached hydrogen (secondary N) is 2. The van der Waals surface area contributed by atoms with Crippen molar-refractivity contribution in [2.75, 3.05) is 14.2 Å². The molecule has 0 saturated heterocycles. The third-order valence-corrected chi connectivity index (χ3v) is 16.4. The number of aromatic amines is 2. The van der Waals surface area contributed by atoms with Gasteiger partial charge in [-0.2, -0.15) is 0 Å². The molecule has 0 spiro atoms. The Hall–Kier alpha value is -8.98. The van der Waals surface area contributed by atoms with Crippen molar-refractivity contribution in [3.05, 3.63) is 175 Å². The molecule has 394 valence electrons. The second kappa shape index (κ2) is 17.3. The van der Waals surface area contributed by atoms with Crippen LogP contribution in [0, 0.1) is 0 Å². The van der Waals surface area contributed by atoms with Gasteiger partial charge in [-0.15, -0.1) is 11.5 Å². The number of methoxy groups -OCH3 is 2. The van der Waals surface area contributed by atoms with E-state index in [0.29, 0.717) is 22.3 Å². The number of nitrogens with zero attached hydrogens (tertiary/aromatic N) is 2. The van der Waals surface area contributed by atoms with E-state index in [4.69, 9.17) is 19.4 Å². The number of allylic oxidation sites excluding steroid dienone is 2. The molecule has 2 N–H and O–H groups in total. The maximum absolute atomic E-state index is 13.8. The van der Waals surface area contributed by atoms with Gasteiger partial charge in [0, 0.05) is 87.4 Å². The molecular formula is C72H62N4O4. The number of carbonyl (C=O) groups is 2. The van der Waals surface area contributed by atoms with Crippen LogP contribution in [0.3, 0.4) is 0 Å². The third-order valence-electron chi connectivity index (χ3n) is 16.4. The predicted molar refractivity (Wildman–Crippen MR) is 328 cm³/mol. The Labute approximate surface area is 465 Å². The Balaban J connectivity index is 1.32. The molecule has 8 bridgehead atoms. The van der Waals surface area contributed by atoms with E-state index in [-0.39, 0.29) is 21.7 Å². The monoisotopic (exact) mass is 1050 g/mol. The zero-order valence-corrected chi connectivity index (χ0v) is 47.9. The zero-order valence-electron chi connectivity index (χ0n) is 47.9. The summed E-state index contributed by atoms with van der Waals surface area (Å²) in [4.78, 5) is 47.2. The molecule has 0 saturated carbocycles. The number of hydrogen-bond donors (Lipinski definition) is 2. The first-order valence-electron chi connectivity index (χ1n) is 27.5. The van der Waals surface area contributed by atoms with Gasteiger partial charge in [0.15, 0.2) is 0 Å². The fourth-order valence-electron chi connectivity index (χ4n) is 12.1. The quantitative estimate of drug-likeness (QED) is 0.134. The van der Waals surface area contributed by atoms with Crippen molar-refractivity contribution in [3.8, 4) is 22.3 Å². The zero-order chi connectivity index (χ0) is 56.3. The smallest absolute Gasteiger partial charge is 0.347 e. The SMILES string of the molecule is COC(=O)C1=C=c2c3c(c4c5ccc([nH]5)c(-c5cc(C(C)(C)C)cc(C(C)(C)C)c5)c5cc6c7c8c(c(c9ccc([nH]9)c(-c9cc(C(C)(C)C)cc(C(C)(C)C)c9)c9cc2c4n9)c6n5)C=CC=C=C8C(C(=O)OC)=C=7)C=CC=C=C13. The lowest BCUT2D eigenvalue weighted by molar-refractivity contribution is -0.136. The standard InChI is InChI=1S/C72H62N4O4/c1-69(2,3)39-27-37(28-40(31-39)70(4,5)6)59-53-23-25-55(73-53)63-45-21-17-15-20-44-52(68(78)80-14)34-48(62(44)45)50-36-58(76-66(50)63)60(38-29-41(71(7,8)9)32-42(30-38)72(10,11)12)54-24-26-56(74-54)64-46-22-18-16-19-43-51(67(77)79-13)33-47(61(43)46)49-35-57(59)75-65(49)64/h15-18,21-32,35-36,73-74H,1-14H3. The van der Waals surface area contributed by atoms with Gasteiger partial charge in [0.25, 0.3) is 0 Å². The van der Waals surface area contributed by atoms with Crippen LogP contribution in [0.4, 0.5) is 0 Å². The highest BCUT2D eigenvalue weighted by Gasteiger charge is 2.32. The van der Waals surface area contributed by atoms with Crippen molar-refractivity contribution >= 4 is 112 Å². The summed E-state index contributed by atoms with van der Waals surface area (Å²) in [6, 6.07) is 26.9. The number of fused-ring (bicyclic) bond motifs is 12. The van der Waals surface area contributed by atoms with E-state index in [1.165, 1.54) is 36.5 Å². The molecule has 4 aliphatic rings. The highest BCUT2D eigenvalue weighted by molar-refractivity contribution is 6.22. The normalized spacial score (nSPS) is 14.5. The van der Waals surface area contributed by atoms with Crippen LogP contribution in [0.1, 0.15) is 128 Å². The molecule has 0 radical (unpaired) electrons. The predicted octanol–water partition coefficient (Wildman–Crippen LogP) is 15.3. The highest BCUT2D eigenvalue weighted by atomic mass is 16.5. The summed E-state index contributed by atoms with van der Waals surface area (Å²) in [5.41, 5.74) is 33.6. The Morgan fingerprint density at radius 2 is 0.812 bits per heavy atom. The van der Waals surface area contributed by atoms with Gasteiger partial charge in [-0.05, 0) is 115 Å². The molecule has 8 heteroatoms. The van der Waals surface area contributed by atoms with Crippen LogP contribution in [0.25, 0.3) is 123 Å². The molecule has 0 aliphatic heterocycles. The summed E-state index contributed by atoms with van der Waals surface area (Å²) >= 11 is 0. The number of rotatable bonds is 4. The summed E-state index contributed by atoms with van der Waals surface area (Å²) in [5.74, 6) is -0.968. The maximum Gasteiger partial charge on any atom is 0.347 e. The minimum atomic E-state index is -0.484. The summed E-state index contributed by atoms with van der Waals surface area (Å²) in [6.07, 6.45) is 11.8. The average molecular weight is 1050 g/mol. The van der Waals surface area contributed by atoms with Crippen LogP contribution in [-0.2, 0) is 40.7 Å². The topological polar surface area (TPSA) is 110 Å². The summed E-state index contributed by atoms with van der Waals surface area (Å²) < 4.78 is 10.9. The first-order valence-corrected chi connectivity index (χ1v) is 27.5. The number of hydrogen-bond acceptors (Lipinski definition) is 6. The molecule has 4 aromatic carbocycles. The van der Waals surface area contributed by atoms with Crippen molar-refractivity contribution < 1.29 is 19.1 Å². The van der Waals surface area contributed by atoms with E-state index >= 15 is 0 Å². The van der Waals surface area contributed by atoms with Crippen LogP contribution in [0.5, 0.6) is 0 Å². The second-order valence-electron chi connectivity index (χ2n) is 25.9. The van der Waals surface area contributed by atoms with Gasteiger partial charge in [0.1, 0.15) is 11.1 Å². The number of ether oxygens (including phenoxy) is 2. The van der Waals surface area contributed by atoms with Gasteiger partial charge >= 0.3 is 11.9 Å². The Kier molecular flexibility index (Phi) is 10.9. The minimum Gasteiger partial charge on any atom is -0.465 e. The van der Waals surface area contributed by atoms with Crippen molar-refractivity contribution in [1.29, 1.82) is 0 Å². The van der Waals surface area contributed by atoms with Gasteiger partial charge < -0.3 is 19.4 Å². The lowest BCUT2D eigenvalue weighted by atomic mass is 9.79. The molecule has 13 rings (SSSR count). The van der Waals surface area contributed by atoms with Crippen molar-refractivity contribution in [2.24, 2.45) is 0 Å². The molecule has 5 aromatic heterocycles. The summed E-state index contributed by atoms with van der Waals surface area (Å²) in [5, 5.41) is 4.97. The van der Waals surface area contributed by atoms with Crippen LogP contribution in [0.2, 0.25) is 0 Å². The van der Waals surface area contributed by atoms with Crippen molar-refractivity contribution in [1.82, 2.24) is 19.9 Å². The van der Waals surface area contributed by atoms with Crippen molar-refractivity contribution in [3.63, 3.8) is 0 Å². The largest absolute Gasteiger partial charge is 0.465 e. The van der Waals surface area contributed by atoms with Gasteiger partial charge in [-0.1, -0.05) is 155 Å². The number of aromatic nitrogens is 4. The molecule has 0 amide bonds. The van der Waals surface area contributed by atoms with Gasteiger partial charge in [-0.25, -0.2) is 19.6 Å². The Morgan fingerprint density at radius 1 is 0.463 bits per heavy atom. The first kappa shape index (κ1) is 50.5. The van der Waals surface area contributed by atoms with Crippen LogP contribution in [0.15, 0.2) is 120 Å². The van der Waals surface area contributed by atoms with E-state index < -0.39 is 11.9 Å². The summed E-state index contributed by atoms with van der Waals surface area (Å²) in [6.45, 7) is 27.1. The highest BCUT2D eigenvalue weighted by Crippen LogP contribution is 2.45. The molecule has 9 aromatic rings. The van der Waals surface area contributed by atoms with E-state index in [1.54, 1.807) is 0 Å². The third kappa shape index (κ3) is 7.75. The molecular weight excluding hydrogens is 985 g/mol. The lowest BCUT2D eigenvalue weighted by Gasteiger charge is -2.26. The van der Waals surface area contributed by atoms with E-state index in [2.05, 4.69) is 201 Å². The molecule has 0 atom stereocenters. The number of H-pyrrole nitrogens is 2. The van der Waals surface area contributed by atoms with Gasteiger partial charge in [0.05, 0.1) is 36.3 Å². The maximum atomic E-state index is 13.8. The Morgan fingerprint density at radius 3 is 1.15 bits per heavy atom. The lowest BCUT2D eigenvalue weighted by Crippen LogP contribution is -2.16. The van der Waals surface area contributed by atoms with E-state index in [0.717, 1.165) is 121 Å². The van der Waals surface area contributed by atoms with E-state index in [9.17, 15) is 9.59 Å². The molecule has 4 aliphatic carbocycles. The number of benzene rings is 4. The van der Waals surface area contributed by atoms with E-state index in [1.807, 2.05) is 24.3 Å². The molecule has 8 nitrogen and oxygen atoms in total. The van der Waals surface area contributed by atoms with Crippen molar-refractivity contribution in [2.45, 2.75) is 105 Å². The van der Waals surface area contributed by atoms with Crippen LogP contribution < -0.4 is 10.4 Å². The first-order chi connectivity index (χ1) is 37.9. The molecule has 80 heavy (non-hydrogen) atoms. The second-order valence-corrected chi connectivity index (χ2v) is 25.9. The molecule has 0 unspecified atom stereocenters. The summed E-state index contributed by atoms with van der Waals surface area (Å²) in [7, 11) is 2.81. The van der Waals surface area contributed by atoms with Crippen LogP contribution in [-0.4, -0.2) is 46.1 Å². The fraction of sp³-hybridized carbons (Fsp3) is 0.250. The Bertz CT molecular complexity index is 4520. The molecule has 5 heterocycles. The fourth-order valence-corrected chi connectivity index (χ4v) is 12.1. The van der Waals surface area contributed by atoms with Gasteiger partial charge in [0.2, 0.25) is 0 Å².